The van der Waals surface area contributed by atoms with Crippen molar-refractivity contribution in [1.82, 2.24) is 0 Å². The quantitative estimate of drug-likeness (QED) is 0.103. The molecular formula is C34H32F8O2. The summed E-state index contributed by atoms with van der Waals surface area (Å²) in [5.41, 5.74) is 1.09. The Kier molecular flexibility index (Phi) is 11.1. The molecule has 0 saturated heterocycles. The second-order valence-corrected chi connectivity index (χ2v) is 10.7. The molecule has 4 rings (SSSR count). The molecule has 0 aliphatic carbocycles. The van der Waals surface area contributed by atoms with Crippen LogP contribution in [-0.4, -0.2) is 19.4 Å². The molecule has 0 radical (unpaired) electrons. The van der Waals surface area contributed by atoms with Gasteiger partial charge < -0.3 is 9.47 Å². The van der Waals surface area contributed by atoms with Gasteiger partial charge in [-0.25, -0.2) is 22.0 Å². The smallest absolute Gasteiger partial charge is 0.422 e. The van der Waals surface area contributed by atoms with Crippen molar-refractivity contribution in [2.24, 2.45) is 0 Å². The lowest BCUT2D eigenvalue weighted by molar-refractivity contribution is -0.154. The van der Waals surface area contributed by atoms with Crippen LogP contribution >= 0.6 is 0 Å². The summed E-state index contributed by atoms with van der Waals surface area (Å²) in [5.74, 6) is -5.43. The van der Waals surface area contributed by atoms with Gasteiger partial charge in [-0.05, 0) is 66.3 Å². The molecule has 0 unspecified atom stereocenters. The molecule has 2 nitrogen and oxygen atoms in total. The third-order valence-corrected chi connectivity index (χ3v) is 7.26. The highest BCUT2D eigenvalue weighted by atomic mass is 19.4. The first-order chi connectivity index (χ1) is 20.9. The summed E-state index contributed by atoms with van der Waals surface area (Å²) in [7, 11) is 0. The maximum absolute atomic E-state index is 15.3. The fourth-order valence-corrected chi connectivity index (χ4v) is 4.95. The van der Waals surface area contributed by atoms with Crippen molar-refractivity contribution in [3.05, 3.63) is 106 Å². The number of hydrogen-bond acceptors (Lipinski definition) is 2. The second kappa shape index (κ2) is 14.8. The molecular weight excluding hydrogens is 592 g/mol. The Hall–Kier alpha value is -3.82. The third kappa shape index (κ3) is 8.86. The van der Waals surface area contributed by atoms with Gasteiger partial charge in [0.25, 0.3) is 0 Å². The molecule has 0 heterocycles. The predicted octanol–water partition coefficient (Wildman–Crippen LogP) is 10.0. The highest BCUT2D eigenvalue weighted by Crippen LogP contribution is 2.29. The molecule has 4 aromatic carbocycles. The molecule has 0 saturated carbocycles. The molecule has 0 aliphatic heterocycles. The number of ether oxygens (including phenoxy) is 2. The summed E-state index contributed by atoms with van der Waals surface area (Å²) in [4.78, 5) is 0. The van der Waals surface area contributed by atoms with Crippen LogP contribution in [-0.2, 0) is 25.7 Å². The summed E-state index contributed by atoms with van der Waals surface area (Å²) in [6, 6.07) is 12.3. The monoisotopic (exact) mass is 624 g/mol. The molecule has 4 aromatic rings. The first-order valence-electron chi connectivity index (χ1n) is 14.4. The Bertz CT molecular complexity index is 1540. The SMILES string of the molecule is CCCCCCOc1cc(F)c(CCc2ccc3c(F)c(CCc4cc(F)c(OCC(F)(F)F)c(F)c4)ccc3c2)c(F)c1. The maximum Gasteiger partial charge on any atom is 0.422 e. The third-order valence-electron chi connectivity index (χ3n) is 7.26. The van der Waals surface area contributed by atoms with Crippen LogP contribution in [0.5, 0.6) is 11.5 Å². The lowest BCUT2D eigenvalue weighted by Gasteiger charge is -2.12. The van der Waals surface area contributed by atoms with Gasteiger partial charge in [0.05, 0.1) is 6.61 Å². The highest BCUT2D eigenvalue weighted by molar-refractivity contribution is 5.84. The lowest BCUT2D eigenvalue weighted by atomic mass is 9.97. The van der Waals surface area contributed by atoms with Crippen molar-refractivity contribution in [2.45, 2.75) is 64.5 Å². The highest BCUT2D eigenvalue weighted by Gasteiger charge is 2.30. The summed E-state index contributed by atoms with van der Waals surface area (Å²) in [5, 5.41) is 0.872. The van der Waals surface area contributed by atoms with Crippen molar-refractivity contribution in [1.29, 1.82) is 0 Å². The van der Waals surface area contributed by atoms with Crippen molar-refractivity contribution in [3.8, 4) is 11.5 Å². The number of hydrogen-bond donors (Lipinski definition) is 0. The number of benzene rings is 4. The van der Waals surface area contributed by atoms with Gasteiger partial charge >= 0.3 is 6.18 Å². The van der Waals surface area contributed by atoms with Gasteiger partial charge in [-0.1, -0.05) is 56.5 Å². The molecule has 0 amide bonds. The van der Waals surface area contributed by atoms with E-state index in [2.05, 4.69) is 11.7 Å². The van der Waals surface area contributed by atoms with E-state index in [9.17, 15) is 30.7 Å². The summed E-state index contributed by atoms with van der Waals surface area (Å²) in [6.45, 7) is 0.647. The Morgan fingerprint density at radius 1 is 0.636 bits per heavy atom. The van der Waals surface area contributed by atoms with Crippen molar-refractivity contribution in [2.75, 3.05) is 13.2 Å². The first-order valence-corrected chi connectivity index (χ1v) is 14.4. The van der Waals surface area contributed by atoms with Crippen LogP contribution < -0.4 is 9.47 Å². The average molecular weight is 625 g/mol. The topological polar surface area (TPSA) is 18.5 Å². The molecule has 0 bridgehead atoms. The fraction of sp³-hybridized carbons (Fsp3) is 0.353. The first kappa shape index (κ1) is 33.1. The van der Waals surface area contributed by atoms with Crippen LogP contribution in [0.4, 0.5) is 35.1 Å². The minimum absolute atomic E-state index is 0.0215. The number of aryl methyl sites for hydroxylation is 3. The van der Waals surface area contributed by atoms with E-state index >= 15 is 4.39 Å². The zero-order valence-electron chi connectivity index (χ0n) is 24.1. The van der Waals surface area contributed by atoms with Gasteiger partial charge in [-0.2, -0.15) is 13.2 Å². The fourth-order valence-electron chi connectivity index (χ4n) is 4.95. The Labute approximate surface area is 250 Å². The van der Waals surface area contributed by atoms with E-state index < -0.39 is 47.6 Å². The molecule has 0 N–H and O–H groups in total. The predicted molar refractivity (Wildman–Crippen MR) is 153 cm³/mol. The van der Waals surface area contributed by atoms with Crippen molar-refractivity contribution < 1.29 is 44.6 Å². The van der Waals surface area contributed by atoms with Gasteiger partial charge in [0, 0.05) is 23.1 Å². The van der Waals surface area contributed by atoms with Crippen LogP contribution in [0.3, 0.4) is 0 Å². The Balaban J connectivity index is 1.38. The minimum Gasteiger partial charge on any atom is -0.493 e. The van der Waals surface area contributed by atoms with E-state index in [-0.39, 0.29) is 41.7 Å². The van der Waals surface area contributed by atoms with Gasteiger partial charge in [0.15, 0.2) is 24.0 Å². The summed E-state index contributed by atoms with van der Waals surface area (Å²) in [6.07, 6.45) is -0.311. The van der Waals surface area contributed by atoms with E-state index in [0.29, 0.717) is 23.8 Å². The van der Waals surface area contributed by atoms with Gasteiger partial charge in [-0.15, -0.1) is 0 Å². The van der Waals surface area contributed by atoms with Crippen LogP contribution in [0.1, 0.15) is 54.9 Å². The van der Waals surface area contributed by atoms with Crippen molar-refractivity contribution in [3.63, 3.8) is 0 Å². The molecule has 0 spiro atoms. The molecule has 10 heteroatoms. The molecule has 0 aromatic heterocycles. The van der Waals surface area contributed by atoms with E-state index in [4.69, 9.17) is 4.74 Å². The average Bonchev–Trinajstić information content (AvgIpc) is 2.95. The van der Waals surface area contributed by atoms with Gasteiger partial charge in [-0.3, -0.25) is 0 Å². The van der Waals surface area contributed by atoms with Crippen LogP contribution in [0.15, 0.2) is 54.6 Å². The van der Waals surface area contributed by atoms with Crippen LogP contribution in [0, 0.1) is 29.1 Å². The van der Waals surface area contributed by atoms with Crippen LogP contribution in [0.2, 0.25) is 0 Å². The Morgan fingerprint density at radius 2 is 1.32 bits per heavy atom. The zero-order valence-corrected chi connectivity index (χ0v) is 24.1. The minimum atomic E-state index is -4.75. The molecule has 236 valence electrons. The van der Waals surface area contributed by atoms with Gasteiger partial charge in [0.2, 0.25) is 0 Å². The molecule has 0 aliphatic rings. The standard InChI is InChI=1S/C34H32F8O2/c1-2-3-4-5-14-43-25-18-28(35)27(29(36)19-25)13-8-21-7-12-26-24(15-21)11-10-23(32(26)39)9-6-22-16-30(37)33(31(38)17-22)44-20-34(40,41)42/h7,10-12,15-19H,2-6,8-9,13-14,20H2,1H3. The lowest BCUT2D eigenvalue weighted by Crippen LogP contribution is -2.20. The van der Waals surface area contributed by atoms with E-state index in [1.807, 2.05) is 0 Å². The largest absolute Gasteiger partial charge is 0.493 e. The number of rotatable bonds is 14. The maximum atomic E-state index is 15.3. The Morgan fingerprint density at radius 3 is 1.98 bits per heavy atom. The second-order valence-electron chi connectivity index (χ2n) is 10.7. The van der Waals surface area contributed by atoms with Crippen LogP contribution in [0.25, 0.3) is 10.8 Å². The molecule has 0 atom stereocenters. The molecule has 0 fully saturated rings. The van der Waals surface area contributed by atoms with E-state index in [0.717, 1.165) is 43.4 Å². The number of fused-ring (bicyclic) bond motifs is 1. The normalized spacial score (nSPS) is 11.8. The van der Waals surface area contributed by atoms with Crippen molar-refractivity contribution >= 4 is 10.8 Å². The summed E-state index contributed by atoms with van der Waals surface area (Å²) < 4.78 is 120. The molecule has 44 heavy (non-hydrogen) atoms. The number of unbranched alkanes of at least 4 members (excludes halogenated alkanes) is 3. The van der Waals surface area contributed by atoms with Gasteiger partial charge in [0.1, 0.15) is 23.2 Å². The summed E-state index contributed by atoms with van der Waals surface area (Å²) >= 11 is 0. The number of alkyl halides is 3. The zero-order chi connectivity index (χ0) is 31.9. The van der Waals surface area contributed by atoms with E-state index in [1.54, 1.807) is 24.3 Å². The van der Waals surface area contributed by atoms with E-state index in [1.165, 1.54) is 18.2 Å². The number of halogens is 8.